The van der Waals surface area contributed by atoms with E-state index in [-0.39, 0.29) is 30.3 Å². The van der Waals surface area contributed by atoms with E-state index < -0.39 is 6.04 Å². The average Bonchev–Trinajstić information content (AvgIpc) is 2.88. The molecule has 1 fully saturated rings. The van der Waals surface area contributed by atoms with Crippen LogP contribution in [-0.4, -0.2) is 44.4 Å². The molecule has 104 valence electrons. The van der Waals surface area contributed by atoms with E-state index in [0.29, 0.717) is 0 Å². The van der Waals surface area contributed by atoms with Crippen molar-refractivity contribution in [2.75, 3.05) is 0 Å². The van der Waals surface area contributed by atoms with Gasteiger partial charge in [0.15, 0.2) is 0 Å². The first-order chi connectivity index (χ1) is 8.99. The van der Waals surface area contributed by atoms with E-state index in [9.17, 15) is 9.59 Å². The fourth-order valence-corrected chi connectivity index (χ4v) is 2.43. The summed E-state index contributed by atoms with van der Waals surface area (Å²) >= 11 is 0. The lowest BCUT2D eigenvalue weighted by atomic mass is 10.2. The summed E-state index contributed by atoms with van der Waals surface area (Å²) in [7, 11) is 0. The topological polar surface area (TPSA) is 67.2 Å². The molecule has 1 saturated heterocycles. The smallest absolute Gasteiger partial charge is 0.247 e. The predicted octanol–water partition coefficient (Wildman–Crippen LogP) is 0.397. The van der Waals surface area contributed by atoms with Gasteiger partial charge in [-0.3, -0.25) is 14.5 Å². The van der Waals surface area contributed by atoms with Gasteiger partial charge in [-0.25, -0.2) is 4.98 Å². The molecule has 0 bridgehead atoms. The zero-order valence-corrected chi connectivity index (χ0v) is 11.5. The molecule has 2 rings (SSSR count). The Hall–Kier alpha value is -1.69. The van der Waals surface area contributed by atoms with Crippen LogP contribution in [0.25, 0.3) is 0 Å². The van der Waals surface area contributed by atoms with Crippen LogP contribution < -0.4 is 5.32 Å². The van der Waals surface area contributed by atoms with Gasteiger partial charge in [-0.1, -0.05) is 0 Å². The van der Waals surface area contributed by atoms with Crippen LogP contribution in [-0.2, 0) is 16.1 Å². The quantitative estimate of drug-likeness (QED) is 0.782. The maximum atomic E-state index is 12.1. The number of carbonyl (C=O) groups is 2. The molecule has 0 spiro atoms. The highest BCUT2D eigenvalue weighted by Crippen LogP contribution is 2.16. The molecule has 1 aromatic heterocycles. The zero-order chi connectivity index (χ0) is 14.0. The molecule has 19 heavy (non-hydrogen) atoms. The van der Waals surface area contributed by atoms with Crippen molar-refractivity contribution in [3.05, 3.63) is 18.7 Å². The van der Waals surface area contributed by atoms with Gasteiger partial charge in [-0.15, -0.1) is 0 Å². The number of nitrogens with one attached hydrogen (secondary N) is 1. The van der Waals surface area contributed by atoms with Crippen molar-refractivity contribution in [2.45, 2.75) is 51.9 Å². The van der Waals surface area contributed by atoms with Crippen molar-refractivity contribution in [1.29, 1.82) is 0 Å². The second-order valence-electron chi connectivity index (χ2n) is 5.28. The van der Waals surface area contributed by atoms with Crippen molar-refractivity contribution in [2.24, 2.45) is 0 Å². The molecular formula is C13H20N4O2. The highest BCUT2D eigenvalue weighted by molar-refractivity contribution is 6.05. The molecule has 1 aromatic rings. The first-order valence-electron chi connectivity index (χ1n) is 6.56. The third-order valence-corrected chi connectivity index (χ3v) is 3.23. The van der Waals surface area contributed by atoms with E-state index in [1.54, 1.807) is 12.5 Å². The Morgan fingerprint density at radius 2 is 2.16 bits per heavy atom. The third kappa shape index (κ3) is 3.01. The molecule has 1 N–H and O–H groups in total. The van der Waals surface area contributed by atoms with E-state index >= 15 is 0 Å². The first-order valence-corrected chi connectivity index (χ1v) is 6.56. The Morgan fingerprint density at radius 1 is 1.42 bits per heavy atom. The van der Waals surface area contributed by atoms with E-state index in [2.05, 4.69) is 10.3 Å². The number of aromatic nitrogens is 2. The largest absolute Gasteiger partial charge is 0.336 e. The van der Waals surface area contributed by atoms with Gasteiger partial charge < -0.3 is 9.88 Å². The molecule has 0 aromatic carbocycles. The number of amides is 2. The molecule has 6 heteroatoms. The summed E-state index contributed by atoms with van der Waals surface area (Å²) < 4.78 is 1.94. The van der Waals surface area contributed by atoms with E-state index in [4.69, 9.17) is 0 Å². The number of carbonyl (C=O) groups excluding carboxylic acids is 2. The number of rotatable bonds is 5. The maximum absolute atomic E-state index is 12.1. The summed E-state index contributed by atoms with van der Waals surface area (Å²) in [6.07, 6.45) is 5.59. The van der Waals surface area contributed by atoms with E-state index in [1.807, 2.05) is 31.5 Å². The minimum atomic E-state index is -0.395. The Balaban J connectivity index is 1.93. The summed E-state index contributed by atoms with van der Waals surface area (Å²) in [6, 6.07) is -0.368. The lowest BCUT2D eigenvalue weighted by molar-refractivity contribution is -0.140. The summed E-state index contributed by atoms with van der Waals surface area (Å²) in [5.41, 5.74) is 0. The zero-order valence-electron chi connectivity index (χ0n) is 11.5. The molecular weight excluding hydrogens is 244 g/mol. The summed E-state index contributed by atoms with van der Waals surface area (Å²) in [6.45, 7) is 6.43. The number of imide groups is 1. The highest BCUT2D eigenvalue weighted by Gasteiger charge is 2.40. The Kier molecular flexibility index (Phi) is 3.99. The van der Waals surface area contributed by atoms with Crippen LogP contribution in [0.15, 0.2) is 18.7 Å². The average molecular weight is 264 g/mol. The molecule has 2 amide bonds. The van der Waals surface area contributed by atoms with Crippen LogP contribution in [0.5, 0.6) is 0 Å². The number of hydrogen-bond acceptors (Lipinski definition) is 4. The van der Waals surface area contributed by atoms with Gasteiger partial charge in [0.25, 0.3) is 0 Å². The van der Waals surface area contributed by atoms with Crippen LogP contribution >= 0.6 is 0 Å². The van der Waals surface area contributed by atoms with Crippen LogP contribution in [0.4, 0.5) is 0 Å². The molecule has 0 aliphatic carbocycles. The molecule has 1 aliphatic rings. The van der Waals surface area contributed by atoms with Crippen LogP contribution in [0.1, 0.15) is 27.2 Å². The van der Waals surface area contributed by atoms with Gasteiger partial charge in [0.2, 0.25) is 11.8 Å². The summed E-state index contributed by atoms with van der Waals surface area (Å²) in [5.74, 6) is -0.204. The number of imidazole rings is 1. The number of likely N-dealkylation sites (tertiary alicyclic amines) is 1. The van der Waals surface area contributed by atoms with Crippen molar-refractivity contribution in [3.63, 3.8) is 0 Å². The fraction of sp³-hybridized carbons (Fsp3) is 0.615. The Morgan fingerprint density at radius 3 is 2.68 bits per heavy atom. The van der Waals surface area contributed by atoms with Gasteiger partial charge in [0, 0.05) is 31.0 Å². The van der Waals surface area contributed by atoms with Crippen molar-refractivity contribution in [3.8, 4) is 0 Å². The van der Waals surface area contributed by atoms with Crippen LogP contribution in [0.3, 0.4) is 0 Å². The molecule has 0 radical (unpaired) electrons. The SMILES string of the molecule is CC(Cn1ccnc1)NC1CC(=O)N(C(C)C)C1=O. The monoisotopic (exact) mass is 264 g/mol. The maximum Gasteiger partial charge on any atom is 0.247 e. The minimum Gasteiger partial charge on any atom is -0.336 e. The van der Waals surface area contributed by atoms with E-state index in [0.717, 1.165) is 6.54 Å². The van der Waals surface area contributed by atoms with Crippen LogP contribution in [0.2, 0.25) is 0 Å². The summed E-state index contributed by atoms with van der Waals surface area (Å²) in [5, 5.41) is 3.22. The number of nitrogens with zero attached hydrogens (tertiary/aromatic N) is 3. The standard InChI is InChI=1S/C13H20N4O2/c1-9(2)17-12(18)6-11(13(17)19)15-10(3)7-16-5-4-14-8-16/h4-5,8-11,15H,6-7H2,1-3H3. The minimum absolute atomic E-state index is 0.0734. The lowest BCUT2D eigenvalue weighted by Crippen LogP contribution is -2.45. The molecule has 6 nitrogen and oxygen atoms in total. The fourth-order valence-electron chi connectivity index (χ4n) is 2.43. The molecule has 2 heterocycles. The van der Waals surface area contributed by atoms with Gasteiger partial charge in [0.05, 0.1) is 18.8 Å². The van der Waals surface area contributed by atoms with Gasteiger partial charge >= 0.3 is 0 Å². The Labute approximate surface area is 112 Å². The van der Waals surface area contributed by atoms with Gasteiger partial charge in [0.1, 0.15) is 0 Å². The van der Waals surface area contributed by atoms with Crippen LogP contribution in [0, 0.1) is 0 Å². The second-order valence-corrected chi connectivity index (χ2v) is 5.28. The second kappa shape index (κ2) is 5.52. The highest BCUT2D eigenvalue weighted by atomic mass is 16.2. The third-order valence-electron chi connectivity index (χ3n) is 3.23. The molecule has 1 aliphatic heterocycles. The molecule has 0 saturated carbocycles. The molecule has 2 atom stereocenters. The lowest BCUT2D eigenvalue weighted by Gasteiger charge is -2.21. The van der Waals surface area contributed by atoms with Crippen molar-refractivity contribution < 1.29 is 9.59 Å². The number of hydrogen-bond donors (Lipinski definition) is 1. The predicted molar refractivity (Wildman–Crippen MR) is 70.2 cm³/mol. The van der Waals surface area contributed by atoms with Crippen molar-refractivity contribution in [1.82, 2.24) is 19.8 Å². The normalized spacial score (nSPS) is 21.5. The van der Waals surface area contributed by atoms with Gasteiger partial charge in [-0.05, 0) is 20.8 Å². The van der Waals surface area contributed by atoms with Crippen molar-refractivity contribution >= 4 is 11.8 Å². The molecule has 2 unspecified atom stereocenters. The van der Waals surface area contributed by atoms with Gasteiger partial charge in [-0.2, -0.15) is 0 Å². The van der Waals surface area contributed by atoms with E-state index in [1.165, 1.54) is 4.90 Å². The summed E-state index contributed by atoms with van der Waals surface area (Å²) in [4.78, 5) is 29.2. The first kappa shape index (κ1) is 13.7. The Bertz CT molecular complexity index is 455.